The maximum absolute atomic E-state index is 6.13. The molecular formula is C12H13ClN2S. The number of hydrogen-bond donors (Lipinski definition) is 1. The Bertz CT molecular complexity index is 468. The van der Waals surface area contributed by atoms with E-state index in [-0.39, 0.29) is 6.04 Å². The lowest BCUT2D eigenvalue weighted by Crippen LogP contribution is -2.12. The summed E-state index contributed by atoms with van der Waals surface area (Å²) in [7, 11) is 0. The summed E-state index contributed by atoms with van der Waals surface area (Å²) in [5, 5.41) is 0.775. The van der Waals surface area contributed by atoms with E-state index in [1.807, 2.05) is 36.8 Å². The lowest BCUT2D eigenvalue weighted by Gasteiger charge is -2.11. The first kappa shape index (κ1) is 11.6. The lowest BCUT2D eigenvalue weighted by atomic mass is 10.0. The monoisotopic (exact) mass is 252 g/mol. The number of nitrogens with zero attached hydrogens (tertiary/aromatic N) is 1. The Hall–Kier alpha value is -0.900. The van der Waals surface area contributed by atoms with Crippen molar-refractivity contribution >= 4 is 22.9 Å². The molecule has 1 atom stereocenters. The zero-order valence-corrected chi connectivity index (χ0v) is 10.6. The fourth-order valence-electron chi connectivity index (χ4n) is 1.52. The van der Waals surface area contributed by atoms with Crippen molar-refractivity contribution in [3.63, 3.8) is 0 Å². The number of rotatable bonds is 3. The largest absolute Gasteiger partial charge is 0.324 e. The van der Waals surface area contributed by atoms with Gasteiger partial charge < -0.3 is 5.73 Å². The Morgan fingerprint density at radius 3 is 2.94 bits per heavy atom. The van der Waals surface area contributed by atoms with Crippen molar-refractivity contribution in [1.82, 2.24) is 4.98 Å². The smallest absolute Gasteiger partial charge is 0.0794 e. The van der Waals surface area contributed by atoms with Crippen molar-refractivity contribution in [2.24, 2.45) is 5.73 Å². The lowest BCUT2D eigenvalue weighted by molar-refractivity contribution is 0.729. The third-order valence-electron chi connectivity index (χ3n) is 2.53. The summed E-state index contributed by atoms with van der Waals surface area (Å²) < 4.78 is 0. The molecule has 84 valence electrons. The first-order chi connectivity index (χ1) is 7.66. The summed E-state index contributed by atoms with van der Waals surface area (Å²) >= 11 is 7.70. The summed E-state index contributed by atoms with van der Waals surface area (Å²) in [5.41, 5.74) is 10.1. The summed E-state index contributed by atoms with van der Waals surface area (Å²) in [6.07, 6.45) is 2.67. The molecule has 0 radical (unpaired) electrons. The normalized spacial score (nSPS) is 12.7. The van der Waals surface area contributed by atoms with Crippen molar-refractivity contribution in [2.45, 2.75) is 19.4 Å². The molecule has 2 nitrogen and oxygen atoms in total. The molecule has 0 aliphatic rings. The van der Waals surface area contributed by atoms with Gasteiger partial charge in [-0.2, -0.15) is 0 Å². The van der Waals surface area contributed by atoms with E-state index in [0.717, 1.165) is 22.6 Å². The number of hydrogen-bond acceptors (Lipinski definition) is 3. The van der Waals surface area contributed by atoms with E-state index in [2.05, 4.69) is 4.98 Å². The molecule has 0 fully saturated rings. The van der Waals surface area contributed by atoms with E-state index < -0.39 is 0 Å². The molecule has 4 heteroatoms. The first-order valence-electron chi connectivity index (χ1n) is 5.06. The molecule has 1 unspecified atom stereocenters. The molecule has 0 spiro atoms. The van der Waals surface area contributed by atoms with Crippen LogP contribution >= 0.6 is 22.9 Å². The van der Waals surface area contributed by atoms with Crippen molar-refractivity contribution < 1.29 is 0 Å². The number of aryl methyl sites for hydroxylation is 1. The van der Waals surface area contributed by atoms with Gasteiger partial charge in [0.15, 0.2) is 0 Å². The summed E-state index contributed by atoms with van der Waals surface area (Å²) in [5.74, 6) is 0. The van der Waals surface area contributed by atoms with Gasteiger partial charge in [0.1, 0.15) is 0 Å². The van der Waals surface area contributed by atoms with Crippen LogP contribution in [0.25, 0.3) is 0 Å². The molecule has 0 aliphatic carbocycles. The van der Waals surface area contributed by atoms with Crippen molar-refractivity contribution in [3.8, 4) is 0 Å². The van der Waals surface area contributed by atoms with Crippen LogP contribution in [0.5, 0.6) is 0 Å². The average molecular weight is 253 g/mol. The van der Waals surface area contributed by atoms with Crippen LogP contribution < -0.4 is 5.73 Å². The van der Waals surface area contributed by atoms with Gasteiger partial charge in [-0.05, 0) is 24.1 Å². The fourth-order valence-corrected chi connectivity index (χ4v) is 2.36. The molecule has 16 heavy (non-hydrogen) atoms. The maximum Gasteiger partial charge on any atom is 0.0794 e. The Morgan fingerprint density at radius 1 is 1.50 bits per heavy atom. The third kappa shape index (κ3) is 2.61. The minimum Gasteiger partial charge on any atom is -0.324 e. The predicted molar refractivity (Wildman–Crippen MR) is 68.9 cm³/mol. The molecule has 1 aromatic carbocycles. The molecular weight excluding hydrogens is 240 g/mol. The van der Waals surface area contributed by atoms with Crippen LogP contribution in [-0.4, -0.2) is 4.98 Å². The Balaban J connectivity index is 2.14. The first-order valence-corrected chi connectivity index (χ1v) is 6.31. The molecule has 1 heterocycles. The van der Waals surface area contributed by atoms with Crippen molar-refractivity contribution in [2.75, 3.05) is 0 Å². The quantitative estimate of drug-likeness (QED) is 0.910. The zero-order chi connectivity index (χ0) is 11.5. The van der Waals surface area contributed by atoms with Crippen LogP contribution in [0.3, 0.4) is 0 Å². The summed E-state index contributed by atoms with van der Waals surface area (Å²) in [6, 6.07) is 5.97. The van der Waals surface area contributed by atoms with Crippen molar-refractivity contribution in [1.29, 1.82) is 0 Å². The van der Waals surface area contributed by atoms with Gasteiger partial charge in [-0.25, -0.2) is 0 Å². The van der Waals surface area contributed by atoms with Gasteiger partial charge in [0.25, 0.3) is 0 Å². The molecule has 2 rings (SSSR count). The second-order valence-corrected chi connectivity index (χ2v) is 5.17. The van der Waals surface area contributed by atoms with Crippen LogP contribution in [0.15, 0.2) is 29.9 Å². The molecule has 0 bridgehead atoms. The van der Waals surface area contributed by atoms with Gasteiger partial charge >= 0.3 is 0 Å². The second-order valence-electron chi connectivity index (χ2n) is 3.79. The van der Waals surface area contributed by atoms with Gasteiger partial charge in [0.2, 0.25) is 0 Å². The molecule has 1 aromatic heterocycles. The summed E-state index contributed by atoms with van der Waals surface area (Å²) in [4.78, 5) is 5.24. The number of aromatic nitrogens is 1. The fraction of sp³-hybridized carbons (Fsp3) is 0.250. The van der Waals surface area contributed by atoms with E-state index in [1.165, 1.54) is 4.88 Å². The highest BCUT2D eigenvalue weighted by Gasteiger charge is 2.09. The van der Waals surface area contributed by atoms with Crippen LogP contribution in [0.1, 0.15) is 22.0 Å². The van der Waals surface area contributed by atoms with Crippen molar-refractivity contribution in [3.05, 3.63) is 50.9 Å². The van der Waals surface area contributed by atoms with Crippen LogP contribution in [0.2, 0.25) is 5.02 Å². The molecule has 2 N–H and O–H groups in total. The van der Waals surface area contributed by atoms with Gasteiger partial charge in [0, 0.05) is 28.6 Å². The van der Waals surface area contributed by atoms with E-state index >= 15 is 0 Å². The number of thiazole rings is 1. The van der Waals surface area contributed by atoms with Gasteiger partial charge in [-0.1, -0.05) is 23.7 Å². The number of nitrogens with two attached hydrogens (primary N) is 1. The van der Waals surface area contributed by atoms with E-state index in [0.29, 0.717) is 0 Å². The van der Waals surface area contributed by atoms with Crippen LogP contribution in [0.4, 0.5) is 0 Å². The highest BCUT2D eigenvalue weighted by atomic mass is 35.5. The Morgan fingerprint density at radius 2 is 2.31 bits per heavy atom. The Labute approximate surface area is 104 Å². The van der Waals surface area contributed by atoms with E-state index in [4.69, 9.17) is 17.3 Å². The highest BCUT2D eigenvalue weighted by molar-refractivity contribution is 7.09. The third-order valence-corrected chi connectivity index (χ3v) is 3.74. The van der Waals surface area contributed by atoms with E-state index in [9.17, 15) is 0 Å². The Kier molecular flexibility index (Phi) is 3.59. The van der Waals surface area contributed by atoms with Crippen LogP contribution in [0, 0.1) is 6.92 Å². The zero-order valence-electron chi connectivity index (χ0n) is 8.98. The second kappa shape index (κ2) is 4.95. The highest BCUT2D eigenvalue weighted by Crippen LogP contribution is 2.23. The number of halogens is 1. The molecule has 0 amide bonds. The minimum absolute atomic E-state index is 0.0152. The van der Waals surface area contributed by atoms with Gasteiger partial charge in [-0.15, -0.1) is 11.3 Å². The summed E-state index contributed by atoms with van der Waals surface area (Å²) in [6.45, 7) is 1.99. The molecule has 0 saturated heterocycles. The topological polar surface area (TPSA) is 38.9 Å². The SMILES string of the molecule is Cc1ccc(C(N)Cc2cncs2)cc1Cl. The minimum atomic E-state index is -0.0152. The standard InChI is InChI=1S/C12H13ClN2S/c1-8-2-3-9(4-11(8)13)12(14)5-10-6-15-7-16-10/h2-4,6-7,12H,5,14H2,1H3. The maximum atomic E-state index is 6.13. The van der Waals surface area contributed by atoms with Gasteiger partial charge in [-0.3, -0.25) is 4.98 Å². The van der Waals surface area contributed by atoms with E-state index in [1.54, 1.807) is 11.3 Å². The van der Waals surface area contributed by atoms with Crippen LogP contribution in [-0.2, 0) is 6.42 Å². The predicted octanol–water partition coefficient (Wildman–Crippen LogP) is 3.35. The molecule has 0 aliphatic heterocycles. The molecule has 0 saturated carbocycles. The molecule has 2 aromatic rings. The number of benzene rings is 1. The average Bonchev–Trinajstić information content (AvgIpc) is 2.74. The van der Waals surface area contributed by atoms with Gasteiger partial charge in [0.05, 0.1) is 5.51 Å².